The standard InChI is InChI=1S/C8H9ClO3S/c1-2-6-5-7(12-13(10)11)3-4-8(6)9/h3-5H,2H2,1H3,(H,10,11). The maximum Gasteiger partial charge on any atom is 0.357 e. The summed E-state index contributed by atoms with van der Waals surface area (Å²) in [7, 11) is 0. The monoisotopic (exact) mass is 220 g/mol. The molecule has 0 aromatic heterocycles. The van der Waals surface area contributed by atoms with Gasteiger partial charge in [-0.3, -0.25) is 4.55 Å². The first-order valence-electron chi connectivity index (χ1n) is 3.71. The fourth-order valence-electron chi connectivity index (χ4n) is 0.956. The molecule has 1 aromatic carbocycles. The number of aryl methyl sites for hydroxylation is 1. The Hall–Kier alpha value is -0.580. The number of rotatable bonds is 3. The molecule has 0 aliphatic carbocycles. The lowest BCUT2D eigenvalue weighted by molar-refractivity contribution is 0.458. The fraction of sp³-hybridized carbons (Fsp3) is 0.250. The van der Waals surface area contributed by atoms with Crippen molar-refractivity contribution in [3.63, 3.8) is 0 Å². The zero-order chi connectivity index (χ0) is 9.84. The van der Waals surface area contributed by atoms with Crippen LogP contribution in [0.25, 0.3) is 0 Å². The van der Waals surface area contributed by atoms with Crippen molar-refractivity contribution in [2.75, 3.05) is 0 Å². The first kappa shape index (κ1) is 10.5. The minimum Gasteiger partial charge on any atom is -0.380 e. The fourth-order valence-corrected chi connectivity index (χ4v) is 1.48. The molecule has 1 aromatic rings. The highest BCUT2D eigenvalue weighted by Crippen LogP contribution is 2.22. The van der Waals surface area contributed by atoms with Crippen LogP contribution in [-0.2, 0) is 17.8 Å². The van der Waals surface area contributed by atoms with Crippen molar-refractivity contribution >= 4 is 23.0 Å². The van der Waals surface area contributed by atoms with Gasteiger partial charge >= 0.3 is 11.4 Å². The Kier molecular flexibility index (Phi) is 3.71. The van der Waals surface area contributed by atoms with Crippen molar-refractivity contribution in [2.24, 2.45) is 0 Å². The summed E-state index contributed by atoms with van der Waals surface area (Å²) in [6.45, 7) is 1.95. The van der Waals surface area contributed by atoms with E-state index in [0.717, 1.165) is 12.0 Å². The lowest BCUT2D eigenvalue weighted by Crippen LogP contribution is -1.97. The second-order valence-corrected chi connectivity index (χ2v) is 3.42. The molecule has 0 aliphatic heterocycles. The van der Waals surface area contributed by atoms with Crippen molar-refractivity contribution in [3.8, 4) is 5.75 Å². The summed E-state index contributed by atoms with van der Waals surface area (Å²) in [5.41, 5.74) is 0.893. The number of benzene rings is 1. The van der Waals surface area contributed by atoms with Crippen molar-refractivity contribution < 1.29 is 12.9 Å². The van der Waals surface area contributed by atoms with Gasteiger partial charge in [-0.1, -0.05) is 18.5 Å². The molecule has 0 radical (unpaired) electrons. The van der Waals surface area contributed by atoms with Gasteiger partial charge in [0, 0.05) is 5.02 Å². The van der Waals surface area contributed by atoms with E-state index in [1.165, 1.54) is 0 Å². The SMILES string of the molecule is CCc1cc(OS(=O)O)ccc1Cl. The molecular weight excluding hydrogens is 212 g/mol. The third kappa shape index (κ3) is 2.99. The average Bonchev–Trinajstić information content (AvgIpc) is 2.07. The van der Waals surface area contributed by atoms with Crippen LogP contribution in [0.3, 0.4) is 0 Å². The van der Waals surface area contributed by atoms with Crippen LogP contribution in [0, 0.1) is 0 Å². The Morgan fingerprint density at radius 3 is 2.85 bits per heavy atom. The molecule has 0 saturated carbocycles. The summed E-state index contributed by atoms with van der Waals surface area (Å²) >= 11 is 3.56. The molecule has 72 valence electrons. The second-order valence-electron chi connectivity index (χ2n) is 2.41. The third-order valence-corrected chi connectivity index (χ3v) is 2.27. The molecule has 13 heavy (non-hydrogen) atoms. The van der Waals surface area contributed by atoms with Gasteiger partial charge in [0.05, 0.1) is 0 Å². The van der Waals surface area contributed by atoms with Crippen LogP contribution >= 0.6 is 11.6 Å². The average molecular weight is 221 g/mol. The van der Waals surface area contributed by atoms with Crippen LogP contribution in [0.4, 0.5) is 0 Å². The van der Waals surface area contributed by atoms with Gasteiger partial charge in [0.2, 0.25) is 0 Å². The van der Waals surface area contributed by atoms with Crippen LogP contribution in [0.2, 0.25) is 5.02 Å². The van der Waals surface area contributed by atoms with E-state index in [4.69, 9.17) is 16.2 Å². The Labute approximate surface area is 84.2 Å². The van der Waals surface area contributed by atoms with E-state index >= 15 is 0 Å². The Morgan fingerprint density at radius 2 is 2.31 bits per heavy atom. The summed E-state index contributed by atoms with van der Waals surface area (Å²) in [6.07, 6.45) is 0.758. The molecule has 0 bridgehead atoms. The highest BCUT2D eigenvalue weighted by atomic mass is 35.5. The topological polar surface area (TPSA) is 46.5 Å². The van der Waals surface area contributed by atoms with E-state index in [2.05, 4.69) is 4.18 Å². The highest BCUT2D eigenvalue weighted by Gasteiger charge is 2.02. The van der Waals surface area contributed by atoms with Gasteiger partial charge in [-0.15, -0.1) is 0 Å². The highest BCUT2D eigenvalue weighted by molar-refractivity contribution is 7.74. The van der Waals surface area contributed by atoms with Crippen molar-refractivity contribution in [1.29, 1.82) is 0 Å². The summed E-state index contributed by atoms with van der Waals surface area (Å²) in [6, 6.07) is 4.84. The predicted molar refractivity (Wildman–Crippen MR) is 52.2 cm³/mol. The zero-order valence-electron chi connectivity index (χ0n) is 6.99. The maximum absolute atomic E-state index is 10.3. The number of halogens is 1. The molecule has 1 rings (SSSR count). The van der Waals surface area contributed by atoms with E-state index < -0.39 is 11.4 Å². The Bertz CT molecular complexity index is 327. The van der Waals surface area contributed by atoms with Gasteiger partial charge < -0.3 is 4.18 Å². The van der Waals surface area contributed by atoms with Crippen LogP contribution in [0.15, 0.2) is 18.2 Å². The molecule has 0 spiro atoms. The van der Waals surface area contributed by atoms with Crippen LogP contribution in [0.1, 0.15) is 12.5 Å². The summed E-state index contributed by atoms with van der Waals surface area (Å²) < 4.78 is 23.3. The van der Waals surface area contributed by atoms with E-state index in [-0.39, 0.29) is 0 Å². The number of hydrogen-bond donors (Lipinski definition) is 1. The van der Waals surface area contributed by atoms with Crippen LogP contribution in [0.5, 0.6) is 5.75 Å². The molecule has 3 nitrogen and oxygen atoms in total. The van der Waals surface area contributed by atoms with Gasteiger partial charge in [-0.25, -0.2) is 0 Å². The normalized spacial score (nSPS) is 12.5. The predicted octanol–water partition coefficient (Wildman–Crippen LogP) is 2.42. The van der Waals surface area contributed by atoms with Gasteiger partial charge in [0.1, 0.15) is 5.75 Å². The molecule has 0 fully saturated rings. The van der Waals surface area contributed by atoms with Gasteiger partial charge in [0.25, 0.3) is 0 Å². The molecule has 1 unspecified atom stereocenters. The molecule has 0 saturated heterocycles. The molecule has 1 atom stereocenters. The quantitative estimate of drug-likeness (QED) is 0.796. The molecule has 0 aliphatic rings. The minimum atomic E-state index is -2.28. The van der Waals surface area contributed by atoms with Gasteiger partial charge in [0.15, 0.2) is 0 Å². The summed E-state index contributed by atoms with van der Waals surface area (Å²) in [4.78, 5) is 0. The lowest BCUT2D eigenvalue weighted by Gasteiger charge is -2.03. The smallest absolute Gasteiger partial charge is 0.357 e. The van der Waals surface area contributed by atoms with Gasteiger partial charge in [-0.2, -0.15) is 4.21 Å². The van der Waals surface area contributed by atoms with Crippen LogP contribution in [-0.4, -0.2) is 8.76 Å². The van der Waals surface area contributed by atoms with E-state index in [0.29, 0.717) is 10.8 Å². The summed E-state index contributed by atoms with van der Waals surface area (Å²) in [5.74, 6) is 0.349. The molecule has 0 heterocycles. The molecule has 5 heteroatoms. The van der Waals surface area contributed by atoms with E-state index in [1.54, 1.807) is 18.2 Å². The van der Waals surface area contributed by atoms with E-state index in [1.807, 2.05) is 6.92 Å². The lowest BCUT2D eigenvalue weighted by atomic mass is 10.2. The van der Waals surface area contributed by atoms with Crippen molar-refractivity contribution in [1.82, 2.24) is 0 Å². The van der Waals surface area contributed by atoms with Crippen molar-refractivity contribution in [2.45, 2.75) is 13.3 Å². The first-order chi connectivity index (χ1) is 6.13. The largest absolute Gasteiger partial charge is 0.380 e. The third-order valence-electron chi connectivity index (χ3n) is 1.57. The second kappa shape index (κ2) is 4.60. The molecular formula is C8H9ClO3S. The van der Waals surface area contributed by atoms with Crippen molar-refractivity contribution in [3.05, 3.63) is 28.8 Å². The van der Waals surface area contributed by atoms with E-state index in [9.17, 15) is 4.21 Å². The Balaban J connectivity index is 2.92. The zero-order valence-corrected chi connectivity index (χ0v) is 8.56. The Morgan fingerprint density at radius 1 is 1.62 bits per heavy atom. The summed E-state index contributed by atoms with van der Waals surface area (Å²) in [5, 5.41) is 0.638. The molecule has 0 amide bonds. The van der Waals surface area contributed by atoms with Gasteiger partial charge in [-0.05, 0) is 30.2 Å². The van der Waals surface area contributed by atoms with Crippen LogP contribution < -0.4 is 4.18 Å². The first-order valence-corrected chi connectivity index (χ1v) is 5.12. The number of hydrogen-bond acceptors (Lipinski definition) is 2. The minimum absolute atomic E-state index is 0.349. The maximum atomic E-state index is 10.3. The molecule has 1 N–H and O–H groups in total.